The zero-order valence-electron chi connectivity index (χ0n) is 12.7. The van der Waals surface area contributed by atoms with Crippen molar-refractivity contribution in [2.45, 2.75) is 62.3 Å². The summed E-state index contributed by atoms with van der Waals surface area (Å²) in [7, 11) is 0. The summed E-state index contributed by atoms with van der Waals surface area (Å²) in [6.07, 6.45) is 0. The molecule has 2 saturated carbocycles. The van der Waals surface area contributed by atoms with Gasteiger partial charge in [-0.25, -0.2) is 0 Å². The molecule has 0 saturated heterocycles. The van der Waals surface area contributed by atoms with Crippen molar-refractivity contribution >= 4 is 0 Å². The SMILES string of the molecule is CC(C)C1(C)C(C)(C)C2(C)C(C)C(C)C12C. The van der Waals surface area contributed by atoms with Crippen molar-refractivity contribution in [2.75, 3.05) is 0 Å². The maximum absolute atomic E-state index is 2.56. The third-order valence-corrected chi connectivity index (χ3v) is 8.48. The Bertz CT molecular complexity index is 327. The minimum atomic E-state index is 0.467. The van der Waals surface area contributed by atoms with Crippen LogP contribution in [-0.2, 0) is 0 Å². The maximum atomic E-state index is 2.56. The average Bonchev–Trinajstić information content (AvgIpc) is 2.22. The van der Waals surface area contributed by atoms with Crippen LogP contribution in [0, 0.1) is 39.4 Å². The van der Waals surface area contributed by atoms with Gasteiger partial charge in [0.05, 0.1) is 0 Å². The Morgan fingerprint density at radius 3 is 1.50 bits per heavy atom. The molecule has 0 aromatic rings. The van der Waals surface area contributed by atoms with E-state index in [4.69, 9.17) is 0 Å². The molecule has 0 bridgehead atoms. The summed E-state index contributed by atoms with van der Waals surface area (Å²) in [5.41, 5.74) is 2.03. The van der Waals surface area contributed by atoms with Crippen molar-refractivity contribution < 1.29 is 0 Å². The lowest BCUT2D eigenvalue weighted by Crippen LogP contribution is -2.86. The lowest BCUT2D eigenvalue weighted by atomic mass is 9.13. The van der Waals surface area contributed by atoms with E-state index < -0.39 is 0 Å². The van der Waals surface area contributed by atoms with Crippen molar-refractivity contribution in [1.82, 2.24) is 0 Å². The molecular weight excluding hydrogens is 192 g/mol. The van der Waals surface area contributed by atoms with Crippen LogP contribution in [0.5, 0.6) is 0 Å². The van der Waals surface area contributed by atoms with E-state index in [9.17, 15) is 0 Å². The number of fused-ring (bicyclic) bond motifs is 1. The normalized spacial score (nSPS) is 58.9. The van der Waals surface area contributed by atoms with Gasteiger partial charge >= 0.3 is 0 Å². The largest absolute Gasteiger partial charge is 0.0622 e. The van der Waals surface area contributed by atoms with Crippen LogP contribution in [0.1, 0.15) is 62.3 Å². The predicted molar refractivity (Wildman–Crippen MR) is 71.3 cm³/mol. The first kappa shape index (κ1) is 12.5. The fourth-order valence-electron chi connectivity index (χ4n) is 6.53. The van der Waals surface area contributed by atoms with Crippen LogP contribution in [0.3, 0.4) is 0 Å². The molecule has 0 radical (unpaired) electrons. The molecule has 2 aliphatic carbocycles. The summed E-state index contributed by atoms with van der Waals surface area (Å²) in [5.74, 6) is 2.52. The Morgan fingerprint density at radius 1 is 0.750 bits per heavy atom. The van der Waals surface area contributed by atoms with Crippen LogP contribution in [-0.4, -0.2) is 0 Å². The smallest absolute Gasteiger partial charge is 0.0174 e. The molecule has 0 N–H and O–H groups in total. The van der Waals surface area contributed by atoms with Crippen molar-refractivity contribution in [3.05, 3.63) is 0 Å². The van der Waals surface area contributed by atoms with Gasteiger partial charge in [-0.3, -0.25) is 0 Å². The second-order valence-electron chi connectivity index (χ2n) is 7.96. The molecular formula is C16H30. The highest BCUT2D eigenvalue weighted by Gasteiger charge is 2.86. The van der Waals surface area contributed by atoms with Gasteiger partial charge in [0, 0.05) is 0 Å². The Morgan fingerprint density at radius 2 is 1.12 bits per heavy atom. The quantitative estimate of drug-likeness (QED) is 0.586. The number of rotatable bonds is 1. The molecule has 2 fully saturated rings. The van der Waals surface area contributed by atoms with Crippen LogP contribution >= 0.6 is 0 Å². The van der Waals surface area contributed by atoms with E-state index in [-0.39, 0.29) is 0 Å². The van der Waals surface area contributed by atoms with E-state index >= 15 is 0 Å². The van der Waals surface area contributed by atoms with Crippen LogP contribution in [0.2, 0.25) is 0 Å². The first-order chi connectivity index (χ1) is 7.01. The Hall–Kier alpha value is 0. The van der Waals surface area contributed by atoms with E-state index in [2.05, 4.69) is 62.3 Å². The average molecular weight is 222 g/mol. The molecule has 5 unspecified atom stereocenters. The van der Waals surface area contributed by atoms with Gasteiger partial charge in [-0.2, -0.15) is 0 Å². The predicted octanol–water partition coefficient (Wildman–Crippen LogP) is 4.99. The van der Waals surface area contributed by atoms with Gasteiger partial charge in [0.25, 0.3) is 0 Å². The van der Waals surface area contributed by atoms with Gasteiger partial charge in [0.2, 0.25) is 0 Å². The Balaban J connectivity index is 2.54. The minimum absolute atomic E-state index is 0.467. The van der Waals surface area contributed by atoms with Gasteiger partial charge in [0.1, 0.15) is 0 Å². The highest BCUT2D eigenvalue weighted by molar-refractivity contribution is 5.33. The van der Waals surface area contributed by atoms with E-state index in [1.807, 2.05) is 0 Å². The molecule has 16 heavy (non-hydrogen) atoms. The summed E-state index contributed by atoms with van der Waals surface area (Å²) in [4.78, 5) is 0. The fraction of sp³-hybridized carbons (Fsp3) is 1.00. The summed E-state index contributed by atoms with van der Waals surface area (Å²) >= 11 is 0. The van der Waals surface area contributed by atoms with Gasteiger partial charge in [-0.05, 0) is 39.4 Å². The van der Waals surface area contributed by atoms with Crippen LogP contribution in [0.4, 0.5) is 0 Å². The molecule has 2 aliphatic rings. The third kappa shape index (κ3) is 0.703. The molecule has 0 spiro atoms. The lowest BCUT2D eigenvalue weighted by Gasteiger charge is -2.91. The fourth-order valence-corrected chi connectivity index (χ4v) is 6.53. The molecule has 0 aliphatic heterocycles. The molecule has 5 atom stereocenters. The molecule has 0 heteroatoms. The molecule has 0 heterocycles. The Labute approximate surface area is 102 Å². The van der Waals surface area contributed by atoms with Crippen LogP contribution < -0.4 is 0 Å². The number of hydrogen-bond acceptors (Lipinski definition) is 0. The molecule has 2 rings (SSSR count). The van der Waals surface area contributed by atoms with Gasteiger partial charge in [-0.15, -0.1) is 0 Å². The van der Waals surface area contributed by atoms with Gasteiger partial charge < -0.3 is 0 Å². The topological polar surface area (TPSA) is 0 Å². The highest BCUT2D eigenvalue weighted by Crippen LogP contribution is 2.91. The van der Waals surface area contributed by atoms with Crippen molar-refractivity contribution in [3.63, 3.8) is 0 Å². The molecule has 0 aromatic heterocycles. The summed E-state index contributed by atoms with van der Waals surface area (Å²) in [6, 6.07) is 0. The highest BCUT2D eigenvalue weighted by atomic mass is 14.9. The monoisotopic (exact) mass is 222 g/mol. The van der Waals surface area contributed by atoms with Gasteiger partial charge in [0.15, 0.2) is 0 Å². The standard InChI is InChI=1S/C16H30/c1-10(2)14(7)13(5,6)15(8)11(3)12(4)16(14,15)9/h10-12H,1-9H3. The first-order valence-corrected chi connectivity index (χ1v) is 7.01. The molecule has 0 nitrogen and oxygen atoms in total. The number of hydrogen-bond donors (Lipinski definition) is 0. The first-order valence-electron chi connectivity index (χ1n) is 7.01. The summed E-state index contributed by atoms with van der Waals surface area (Å²) in [6.45, 7) is 22.4. The van der Waals surface area contributed by atoms with E-state index in [0.717, 1.165) is 17.8 Å². The Kier molecular flexibility index (Phi) is 2.10. The zero-order chi connectivity index (χ0) is 12.7. The van der Waals surface area contributed by atoms with Crippen LogP contribution in [0.25, 0.3) is 0 Å². The zero-order valence-corrected chi connectivity index (χ0v) is 12.7. The van der Waals surface area contributed by atoms with E-state index in [0.29, 0.717) is 21.7 Å². The van der Waals surface area contributed by atoms with Crippen molar-refractivity contribution in [1.29, 1.82) is 0 Å². The second kappa shape index (κ2) is 2.70. The van der Waals surface area contributed by atoms with E-state index in [1.165, 1.54) is 0 Å². The lowest BCUT2D eigenvalue weighted by molar-refractivity contribution is -0.438. The summed E-state index contributed by atoms with van der Waals surface area (Å²) in [5, 5.41) is 0. The maximum Gasteiger partial charge on any atom is -0.0174 e. The van der Waals surface area contributed by atoms with Gasteiger partial charge in [-0.1, -0.05) is 62.3 Å². The van der Waals surface area contributed by atoms with Crippen molar-refractivity contribution in [2.24, 2.45) is 39.4 Å². The van der Waals surface area contributed by atoms with E-state index in [1.54, 1.807) is 0 Å². The minimum Gasteiger partial charge on any atom is -0.0622 e. The second-order valence-corrected chi connectivity index (χ2v) is 7.96. The van der Waals surface area contributed by atoms with Crippen molar-refractivity contribution in [3.8, 4) is 0 Å². The molecule has 0 amide bonds. The molecule has 94 valence electrons. The summed E-state index contributed by atoms with van der Waals surface area (Å²) < 4.78 is 0. The third-order valence-electron chi connectivity index (χ3n) is 8.48. The van der Waals surface area contributed by atoms with Crippen LogP contribution in [0.15, 0.2) is 0 Å². The molecule has 0 aromatic carbocycles.